The fraction of sp³-hybridized carbons (Fsp3) is 0.143. The van der Waals surface area contributed by atoms with Crippen molar-refractivity contribution in [1.82, 2.24) is 0 Å². The average Bonchev–Trinajstić information content (AvgIpc) is 2.08. The van der Waals surface area contributed by atoms with Gasteiger partial charge in [-0.3, -0.25) is 0 Å². The Bertz CT molecular complexity index is 169. The smallest absolute Gasteiger partial charge is 0.326 e. The van der Waals surface area contributed by atoms with E-state index < -0.39 is 18.2 Å². The van der Waals surface area contributed by atoms with Gasteiger partial charge in [-0.1, -0.05) is 24.3 Å². The molecule has 1 rings (SSSR count). The zero-order valence-electron chi connectivity index (χ0n) is 6.06. The number of nitrogens with two attached hydrogens (primary N) is 1. The van der Waals surface area contributed by atoms with E-state index in [0.29, 0.717) is 6.54 Å². The van der Waals surface area contributed by atoms with Gasteiger partial charge in [0.05, 0.1) is 0 Å². The fourth-order valence-electron chi connectivity index (χ4n) is 0.557. The molecule has 0 fully saturated rings. The third-order valence-electron chi connectivity index (χ3n) is 1.02. The van der Waals surface area contributed by atoms with Crippen molar-refractivity contribution in [2.45, 2.75) is 6.54 Å². The maximum absolute atomic E-state index is 5.34. The van der Waals surface area contributed by atoms with E-state index in [4.69, 9.17) is 23.9 Å². The van der Waals surface area contributed by atoms with E-state index in [9.17, 15) is 0 Å². The van der Waals surface area contributed by atoms with E-state index in [2.05, 4.69) is 6.07 Å². The first kappa shape index (κ1) is 11.5. The third kappa shape index (κ3) is 6.91. The Morgan fingerprint density at radius 3 is 2.09 bits per heavy atom. The lowest BCUT2D eigenvalue weighted by Gasteiger charge is -1.89. The highest BCUT2D eigenvalue weighted by Crippen LogP contribution is 1.93. The van der Waals surface area contributed by atoms with Crippen LogP contribution in [-0.4, -0.2) is 18.2 Å². The van der Waals surface area contributed by atoms with Crippen molar-refractivity contribution in [3.05, 3.63) is 35.9 Å². The zero-order valence-corrected chi connectivity index (χ0v) is 8.98. The van der Waals surface area contributed by atoms with Crippen molar-refractivity contribution in [3.63, 3.8) is 0 Å². The second-order valence-corrected chi connectivity index (χ2v) is 4.34. The molecule has 0 saturated heterocycles. The Labute approximate surface area is 84.2 Å². The van der Waals surface area contributed by atoms with Gasteiger partial charge >= 0.3 is 18.2 Å². The predicted molar refractivity (Wildman–Crippen MR) is 50.6 cm³/mol. The predicted octanol–water partition coefficient (Wildman–Crippen LogP) is 1.94. The molecule has 0 aliphatic rings. The van der Waals surface area contributed by atoms with E-state index in [1.54, 1.807) is 0 Å². The van der Waals surface area contributed by atoms with Crippen LogP contribution >= 0.6 is 18.1 Å². The third-order valence-corrected chi connectivity index (χ3v) is 1.02. The van der Waals surface area contributed by atoms with Gasteiger partial charge in [0, 0.05) is 6.54 Å². The van der Waals surface area contributed by atoms with Crippen molar-refractivity contribution < 1.29 is 0 Å². The number of halogens is 2. The molecule has 0 aromatic heterocycles. The Morgan fingerprint density at radius 1 is 1.36 bits per heavy atom. The molecule has 1 aromatic carbocycles. The molecule has 1 radical (unpaired) electrons. The lowest BCUT2D eigenvalue weighted by molar-refractivity contribution is 1.07. The minimum atomic E-state index is -0.639. The largest absolute Gasteiger partial charge is 0.618 e. The second kappa shape index (κ2) is 8.62. The number of hydrogen-bond donors (Lipinski definition) is 1. The van der Waals surface area contributed by atoms with Crippen molar-refractivity contribution in [3.8, 4) is 0 Å². The van der Waals surface area contributed by atoms with Gasteiger partial charge in [-0.05, 0) is 11.6 Å². The van der Waals surface area contributed by atoms with Crippen LogP contribution < -0.4 is 5.73 Å². The van der Waals surface area contributed by atoms with E-state index in [-0.39, 0.29) is 0 Å². The lowest BCUT2D eigenvalue weighted by atomic mass is 10.2. The fourth-order valence-corrected chi connectivity index (χ4v) is 0.557. The highest BCUT2D eigenvalue weighted by Gasteiger charge is 1.80. The van der Waals surface area contributed by atoms with Gasteiger partial charge in [0.15, 0.2) is 0 Å². The van der Waals surface area contributed by atoms with Crippen molar-refractivity contribution in [1.29, 1.82) is 0 Å². The van der Waals surface area contributed by atoms with Gasteiger partial charge in [-0.2, -0.15) is 0 Å². The molecule has 11 heavy (non-hydrogen) atoms. The van der Waals surface area contributed by atoms with Gasteiger partial charge in [-0.25, -0.2) is 0 Å². The molecule has 0 amide bonds. The van der Waals surface area contributed by atoms with Crippen molar-refractivity contribution in [2.75, 3.05) is 0 Å². The molecule has 1 nitrogen and oxygen atoms in total. The molecule has 1 aromatic rings. The van der Waals surface area contributed by atoms with Crippen LogP contribution in [0.3, 0.4) is 0 Å². The summed E-state index contributed by atoms with van der Waals surface area (Å²) in [6.07, 6.45) is 0. The molecule has 0 atom stereocenters. The molecular weight excluding hydrogens is 193 g/mol. The molecule has 0 heterocycles. The first-order valence-corrected chi connectivity index (χ1v) is 7.39. The first-order chi connectivity index (χ1) is 5.35. The van der Waals surface area contributed by atoms with Crippen LogP contribution in [0.4, 0.5) is 0 Å². The number of hydrogen-bond acceptors (Lipinski definition) is 1. The van der Waals surface area contributed by atoms with Crippen LogP contribution in [0, 0.1) is 6.07 Å². The van der Waals surface area contributed by atoms with E-state index in [0.717, 1.165) is 5.56 Å². The minimum absolute atomic E-state index is 0.620. The summed E-state index contributed by atoms with van der Waals surface area (Å²) in [5.41, 5.74) is 6.49. The normalized spacial score (nSPS) is 7.55. The summed E-state index contributed by atoms with van der Waals surface area (Å²) >= 11 is -0.639. The summed E-state index contributed by atoms with van der Waals surface area (Å²) < 4.78 is 0. The summed E-state index contributed by atoms with van der Waals surface area (Å²) in [6, 6.07) is 10.6. The molecule has 2 N–H and O–H groups in total. The van der Waals surface area contributed by atoms with Crippen LogP contribution in [0.2, 0.25) is 0 Å². The molecule has 0 unspecified atom stereocenters. The molecule has 0 aliphatic carbocycles. The number of rotatable bonds is 1. The van der Waals surface area contributed by atoms with Gasteiger partial charge < -0.3 is 23.9 Å². The Morgan fingerprint density at radius 2 is 1.82 bits per heavy atom. The minimum Gasteiger partial charge on any atom is -0.326 e. The Kier molecular flexibility index (Phi) is 9.03. The van der Waals surface area contributed by atoms with Crippen LogP contribution in [0.25, 0.3) is 0 Å². The first-order valence-electron chi connectivity index (χ1n) is 3.12. The SMILES string of the molecule is NCc1cc[c]cc1.[Cl][Mg][Cl]. The van der Waals surface area contributed by atoms with E-state index in [1.165, 1.54) is 0 Å². The standard InChI is InChI=1S/C7H8N.2ClH.Mg/c8-6-7-4-2-1-3-5-7;;;/h2-5H,6,8H2;2*1H;/q;;;+2/p-2. The van der Waals surface area contributed by atoms with Gasteiger partial charge in [0.25, 0.3) is 0 Å². The van der Waals surface area contributed by atoms with Crippen LogP contribution in [0.15, 0.2) is 24.3 Å². The van der Waals surface area contributed by atoms with E-state index >= 15 is 0 Å². The molecule has 0 saturated carbocycles. The quantitative estimate of drug-likeness (QED) is 0.691. The molecular formula is C7H8Cl2MgN. The Hall–Kier alpha value is 0.526. The van der Waals surface area contributed by atoms with Gasteiger partial charge in [0.2, 0.25) is 0 Å². The van der Waals surface area contributed by atoms with E-state index in [1.807, 2.05) is 24.3 Å². The molecule has 0 spiro atoms. The van der Waals surface area contributed by atoms with Crippen LogP contribution in [0.5, 0.6) is 0 Å². The summed E-state index contributed by atoms with van der Waals surface area (Å²) in [5, 5.41) is 0. The summed E-state index contributed by atoms with van der Waals surface area (Å²) in [5.74, 6) is 0. The Balaban J connectivity index is 0.000000292. The van der Waals surface area contributed by atoms with Crippen molar-refractivity contribution >= 4 is 36.3 Å². The summed E-state index contributed by atoms with van der Waals surface area (Å²) in [6.45, 7) is 0.620. The average molecular weight is 201 g/mol. The molecule has 57 valence electrons. The summed E-state index contributed by atoms with van der Waals surface area (Å²) in [7, 11) is 9.81. The molecule has 4 heteroatoms. The van der Waals surface area contributed by atoms with Crippen LogP contribution in [-0.2, 0) is 6.54 Å². The topological polar surface area (TPSA) is 26.0 Å². The molecule has 0 bridgehead atoms. The van der Waals surface area contributed by atoms with Crippen LogP contribution in [0.1, 0.15) is 5.56 Å². The lowest BCUT2D eigenvalue weighted by Crippen LogP contribution is -1.94. The highest BCUT2D eigenvalue weighted by atomic mass is 35.6. The molecule has 0 aliphatic heterocycles. The monoisotopic (exact) mass is 200 g/mol. The van der Waals surface area contributed by atoms with Gasteiger partial charge in [0.1, 0.15) is 0 Å². The maximum Gasteiger partial charge on any atom is 0.618 e. The van der Waals surface area contributed by atoms with Gasteiger partial charge in [-0.15, -0.1) is 0 Å². The highest BCUT2D eigenvalue weighted by molar-refractivity contribution is 7.22. The van der Waals surface area contributed by atoms with Crippen molar-refractivity contribution in [2.24, 2.45) is 5.73 Å². The summed E-state index contributed by atoms with van der Waals surface area (Å²) in [4.78, 5) is 0. The number of benzene rings is 1. The zero-order chi connectivity index (χ0) is 8.53. The second-order valence-electron chi connectivity index (χ2n) is 1.71. The maximum atomic E-state index is 5.34.